The number of non-ortho nitro benzene ring substituents is 1. The highest BCUT2D eigenvalue weighted by atomic mass is 32.2. The minimum Gasteiger partial charge on any atom is -0.360 e. The molecule has 8 heteroatoms. The van der Waals surface area contributed by atoms with E-state index < -0.39 is 0 Å². The van der Waals surface area contributed by atoms with E-state index in [2.05, 4.69) is 15.5 Å². The van der Waals surface area contributed by atoms with Crippen LogP contribution in [0.1, 0.15) is 24.7 Å². The topological polar surface area (TPSA) is 81.0 Å². The number of rotatable bonds is 6. The van der Waals surface area contributed by atoms with Crippen LogP contribution >= 0.6 is 23.1 Å². The van der Waals surface area contributed by atoms with E-state index in [1.54, 1.807) is 23.9 Å². The van der Waals surface area contributed by atoms with Crippen molar-refractivity contribution < 1.29 is 4.92 Å². The standard InChI is InChI=1S/C12H14N4O2S2/c1-3-13-11-14-15-12(20-11)19-8(2)9-5-4-6-10(7-9)16(17)18/h4-8H,3H2,1-2H3,(H,13,14)/t8-/m1/s1. The highest BCUT2D eigenvalue weighted by Gasteiger charge is 2.14. The lowest BCUT2D eigenvalue weighted by Gasteiger charge is -2.08. The van der Waals surface area contributed by atoms with E-state index in [9.17, 15) is 10.1 Å². The van der Waals surface area contributed by atoms with Crippen molar-refractivity contribution in [1.82, 2.24) is 10.2 Å². The maximum absolute atomic E-state index is 10.8. The van der Waals surface area contributed by atoms with Gasteiger partial charge in [-0.1, -0.05) is 35.2 Å². The molecule has 0 aliphatic rings. The summed E-state index contributed by atoms with van der Waals surface area (Å²) in [6, 6.07) is 6.69. The smallest absolute Gasteiger partial charge is 0.269 e. The van der Waals surface area contributed by atoms with Crippen LogP contribution in [-0.4, -0.2) is 21.7 Å². The molecule has 1 N–H and O–H groups in total. The molecule has 2 rings (SSSR count). The molecule has 0 unspecified atom stereocenters. The van der Waals surface area contributed by atoms with Crippen LogP contribution in [0.25, 0.3) is 0 Å². The maximum Gasteiger partial charge on any atom is 0.269 e. The van der Waals surface area contributed by atoms with Gasteiger partial charge in [0.2, 0.25) is 5.13 Å². The first kappa shape index (κ1) is 14.7. The number of nitro groups is 1. The Hall–Kier alpha value is -1.67. The van der Waals surface area contributed by atoms with Crippen molar-refractivity contribution in [2.75, 3.05) is 11.9 Å². The first-order chi connectivity index (χ1) is 9.60. The summed E-state index contributed by atoms with van der Waals surface area (Å²) >= 11 is 3.03. The van der Waals surface area contributed by atoms with E-state index in [4.69, 9.17) is 0 Å². The lowest BCUT2D eigenvalue weighted by Crippen LogP contribution is -1.94. The van der Waals surface area contributed by atoms with E-state index in [0.717, 1.165) is 21.6 Å². The fourth-order valence-electron chi connectivity index (χ4n) is 1.59. The van der Waals surface area contributed by atoms with Crippen LogP contribution in [0, 0.1) is 10.1 Å². The molecule has 0 saturated carbocycles. The molecule has 0 amide bonds. The molecule has 1 atom stereocenters. The monoisotopic (exact) mass is 310 g/mol. The van der Waals surface area contributed by atoms with Gasteiger partial charge in [0.1, 0.15) is 0 Å². The Labute approximate surface area is 124 Å². The number of aromatic nitrogens is 2. The summed E-state index contributed by atoms with van der Waals surface area (Å²) in [6.07, 6.45) is 0. The minimum absolute atomic E-state index is 0.0809. The van der Waals surface area contributed by atoms with Gasteiger partial charge in [0.15, 0.2) is 4.34 Å². The SMILES string of the molecule is CCNc1nnc(S[C@H](C)c2cccc([N+](=O)[O-])c2)s1. The number of anilines is 1. The van der Waals surface area contributed by atoms with E-state index in [0.29, 0.717) is 0 Å². The van der Waals surface area contributed by atoms with Crippen molar-refractivity contribution in [1.29, 1.82) is 0 Å². The number of nitrogens with zero attached hydrogens (tertiary/aromatic N) is 3. The molecule has 1 aromatic heterocycles. The van der Waals surface area contributed by atoms with Crippen LogP contribution in [-0.2, 0) is 0 Å². The molecule has 2 aromatic rings. The lowest BCUT2D eigenvalue weighted by molar-refractivity contribution is -0.384. The summed E-state index contributed by atoms with van der Waals surface area (Å²) in [4.78, 5) is 10.4. The summed E-state index contributed by atoms with van der Waals surface area (Å²) in [5.41, 5.74) is 1.02. The molecule has 0 spiro atoms. The summed E-state index contributed by atoms with van der Waals surface area (Å²) in [5, 5.41) is 22.9. The molecule has 0 radical (unpaired) electrons. The van der Waals surface area contributed by atoms with Gasteiger partial charge in [-0.15, -0.1) is 10.2 Å². The zero-order chi connectivity index (χ0) is 14.5. The van der Waals surface area contributed by atoms with Crippen molar-refractivity contribution in [3.05, 3.63) is 39.9 Å². The molecule has 0 fully saturated rings. The molecule has 20 heavy (non-hydrogen) atoms. The molecule has 1 heterocycles. The van der Waals surface area contributed by atoms with Gasteiger partial charge in [0.05, 0.1) is 4.92 Å². The van der Waals surface area contributed by atoms with Crippen molar-refractivity contribution in [3.8, 4) is 0 Å². The number of hydrogen-bond donors (Lipinski definition) is 1. The zero-order valence-electron chi connectivity index (χ0n) is 11.1. The fourth-order valence-corrected chi connectivity index (χ4v) is 3.67. The third-order valence-corrected chi connectivity index (χ3v) is 4.69. The van der Waals surface area contributed by atoms with Gasteiger partial charge in [-0.25, -0.2) is 0 Å². The predicted octanol–water partition coefficient (Wildman–Crippen LogP) is 3.73. The Morgan fingerprint density at radius 3 is 3.00 bits per heavy atom. The molecule has 0 saturated heterocycles. The third kappa shape index (κ3) is 3.67. The number of nitrogens with one attached hydrogen (secondary N) is 1. The van der Waals surface area contributed by atoms with Crippen LogP contribution < -0.4 is 5.32 Å². The molecule has 6 nitrogen and oxygen atoms in total. The van der Waals surface area contributed by atoms with Crippen molar-refractivity contribution in [3.63, 3.8) is 0 Å². The van der Waals surface area contributed by atoms with Crippen LogP contribution in [0.5, 0.6) is 0 Å². The highest BCUT2D eigenvalue weighted by Crippen LogP contribution is 2.38. The Morgan fingerprint density at radius 2 is 2.30 bits per heavy atom. The molecule has 0 bridgehead atoms. The summed E-state index contributed by atoms with van der Waals surface area (Å²) < 4.78 is 0.847. The maximum atomic E-state index is 10.8. The van der Waals surface area contributed by atoms with Gasteiger partial charge in [0, 0.05) is 23.9 Å². The van der Waals surface area contributed by atoms with Crippen LogP contribution in [0.2, 0.25) is 0 Å². The minimum atomic E-state index is -0.380. The zero-order valence-corrected chi connectivity index (χ0v) is 12.7. The van der Waals surface area contributed by atoms with E-state index in [1.165, 1.54) is 17.4 Å². The van der Waals surface area contributed by atoms with Gasteiger partial charge in [-0.05, 0) is 19.4 Å². The summed E-state index contributed by atoms with van der Waals surface area (Å²) in [6.45, 7) is 4.80. The number of nitro benzene ring substituents is 1. The van der Waals surface area contributed by atoms with Gasteiger partial charge in [0.25, 0.3) is 5.69 Å². The van der Waals surface area contributed by atoms with Crippen molar-refractivity contribution in [2.24, 2.45) is 0 Å². The average Bonchev–Trinajstić information content (AvgIpc) is 2.86. The predicted molar refractivity (Wildman–Crippen MR) is 81.4 cm³/mol. The molecular formula is C12H14N4O2S2. The number of hydrogen-bond acceptors (Lipinski definition) is 7. The normalized spacial score (nSPS) is 12.1. The number of thioether (sulfide) groups is 1. The van der Waals surface area contributed by atoms with E-state index in [1.807, 2.05) is 19.9 Å². The summed E-state index contributed by atoms with van der Waals surface area (Å²) in [7, 11) is 0. The number of benzene rings is 1. The van der Waals surface area contributed by atoms with E-state index >= 15 is 0 Å². The Morgan fingerprint density at radius 1 is 1.50 bits per heavy atom. The second kappa shape index (κ2) is 6.67. The highest BCUT2D eigenvalue weighted by molar-refractivity contribution is 8.01. The quantitative estimate of drug-likeness (QED) is 0.497. The Balaban J connectivity index is 2.08. The lowest BCUT2D eigenvalue weighted by atomic mass is 10.1. The molecule has 106 valence electrons. The first-order valence-electron chi connectivity index (χ1n) is 6.08. The van der Waals surface area contributed by atoms with Gasteiger partial charge >= 0.3 is 0 Å². The van der Waals surface area contributed by atoms with Crippen LogP contribution in [0.3, 0.4) is 0 Å². The third-order valence-electron chi connectivity index (χ3n) is 2.56. The Kier molecular flexibility index (Phi) is 4.91. The second-order valence-corrected chi connectivity index (χ2v) is 6.58. The van der Waals surface area contributed by atoms with Crippen molar-refractivity contribution >= 4 is 33.9 Å². The largest absolute Gasteiger partial charge is 0.360 e. The van der Waals surface area contributed by atoms with Gasteiger partial charge in [-0.3, -0.25) is 10.1 Å². The second-order valence-electron chi connectivity index (χ2n) is 4.02. The first-order valence-corrected chi connectivity index (χ1v) is 7.78. The van der Waals surface area contributed by atoms with Gasteiger partial charge < -0.3 is 5.32 Å². The molecule has 0 aliphatic carbocycles. The fraction of sp³-hybridized carbons (Fsp3) is 0.333. The van der Waals surface area contributed by atoms with Crippen LogP contribution in [0.15, 0.2) is 28.6 Å². The molecule has 0 aliphatic heterocycles. The van der Waals surface area contributed by atoms with Crippen molar-refractivity contribution in [2.45, 2.75) is 23.4 Å². The van der Waals surface area contributed by atoms with Crippen LogP contribution in [0.4, 0.5) is 10.8 Å². The van der Waals surface area contributed by atoms with E-state index in [-0.39, 0.29) is 15.9 Å². The molecule has 1 aromatic carbocycles. The van der Waals surface area contributed by atoms with Gasteiger partial charge in [-0.2, -0.15) is 0 Å². The average molecular weight is 310 g/mol. The summed E-state index contributed by atoms with van der Waals surface area (Å²) in [5.74, 6) is 0. The Bertz CT molecular complexity index is 603. The molecular weight excluding hydrogens is 296 g/mol.